The van der Waals surface area contributed by atoms with Crippen LogP contribution in [0.1, 0.15) is 24.8 Å². The number of benzene rings is 2. The van der Waals surface area contributed by atoms with Gasteiger partial charge in [0.15, 0.2) is 0 Å². The number of para-hydroxylation sites is 2. The third kappa shape index (κ3) is 3.43. The highest BCUT2D eigenvalue weighted by atomic mass is 15.3. The Bertz CT molecular complexity index is 1420. The number of hydrogen-bond donors (Lipinski definition) is 0. The fourth-order valence-electron chi connectivity index (χ4n) is 5.09. The first-order valence-corrected chi connectivity index (χ1v) is 11.7. The molecule has 2 aliphatic carbocycles. The lowest BCUT2D eigenvalue weighted by Gasteiger charge is -2.45. The summed E-state index contributed by atoms with van der Waals surface area (Å²) >= 11 is 0. The zero-order valence-corrected chi connectivity index (χ0v) is 18.8. The number of allylic oxidation sites excluding steroid dienone is 5. The molecule has 3 aliphatic rings. The van der Waals surface area contributed by atoms with Crippen LogP contribution in [0.25, 0.3) is 11.3 Å². The first-order chi connectivity index (χ1) is 16.8. The predicted octanol–water partition coefficient (Wildman–Crippen LogP) is 7.02. The van der Waals surface area contributed by atoms with Crippen molar-refractivity contribution in [1.82, 2.24) is 4.98 Å². The van der Waals surface area contributed by atoms with Crippen molar-refractivity contribution in [2.24, 2.45) is 0 Å². The van der Waals surface area contributed by atoms with E-state index in [-0.39, 0.29) is 0 Å². The van der Waals surface area contributed by atoms with E-state index >= 15 is 0 Å². The smallest absolute Gasteiger partial charge is 0.0992 e. The maximum Gasteiger partial charge on any atom is 0.0992 e. The molecule has 34 heavy (non-hydrogen) atoms. The fourth-order valence-corrected chi connectivity index (χ4v) is 5.09. The molecule has 1 aromatic heterocycles. The maximum atomic E-state index is 9.33. The Balaban J connectivity index is 1.51. The van der Waals surface area contributed by atoms with E-state index in [1.165, 1.54) is 22.8 Å². The average molecular weight is 441 g/mol. The molecule has 0 amide bonds. The van der Waals surface area contributed by atoms with Crippen LogP contribution in [-0.4, -0.2) is 11.0 Å². The van der Waals surface area contributed by atoms with E-state index < -0.39 is 0 Å². The zero-order chi connectivity index (χ0) is 22.9. The minimum absolute atomic E-state index is 0.297. The molecule has 0 fully saturated rings. The molecule has 1 aliphatic heterocycles. The lowest BCUT2D eigenvalue weighted by Crippen LogP contribution is -2.40. The third-order valence-electron chi connectivity index (χ3n) is 6.61. The molecule has 0 radical (unpaired) electrons. The van der Waals surface area contributed by atoms with E-state index in [4.69, 9.17) is 0 Å². The Labute approximate surface area is 200 Å². The van der Waals surface area contributed by atoms with Gasteiger partial charge in [0.1, 0.15) is 0 Å². The fraction of sp³-hybridized carbons (Fsp3) is 0.133. The van der Waals surface area contributed by atoms with Crippen LogP contribution in [0.2, 0.25) is 0 Å². The summed E-state index contributed by atoms with van der Waals surface area (Å²) in [6.45, 7) is 0. The Morgan fingerprint density at radius 3 is 2.71 bits per heavy atom. The van der Waals surface area contributed by atoms with Gasteiger partial charge in [0.25, 0.3) is 0 Å². The summed E-state index contributed by atoms with van der Waals surface area (Å²) in [5.74, 6) is 0. The molecule has 1 unspecified atom stereocenters. The highest BCUT2D eigenvalue weighted by Crippen LogP contribution is 2.48. The normalized spacial score (nSPS) is 18.5. The van der Waals surface area contributed by atoms with Crippen molar-refractivity contribution >= 4 is 17.1 Å². The van der Waals surface area contributed by atoms with Gasteiger partial charge in [0, 0.05) is 23.1 Å². The molecule has 4 nitrogen and oxygen atoms in total. The van der Waals surface area contributed by atoms with Gasteiger partial charge in [-0.05, 0) is 61.7 Å². The number of rotatable bonds is 3. The highest BCUT2D eigenvalue weighted by molar-refractivity contribution is 5.87. The summed E-state index contributed by atoms with van der Waals surface area (Å²) in [5.41, 5.74) is 8.53. The molecule has 0 N–H and O–H groups in total. The van der Waals surface area contributed by atoms with E-state index in [2.05, 4.69) is 106 Å². The maximum absolute atomic E-state index is 9.33. The standard InChI is InChI=1S/C30H24N4/c31-21-22-17-18-32-26(19-22)23-9-8-12-25(20-23)34-29-15-6-4-13-27(29)33(24-10-2-1-3-11-24)28-14-5-7-16-30(28)34/h1-6,8-10,12-15,17-20,24H,7,11,16H2. The van der Waals surface area contributed by atoms with Crippen LogP contribution >= 0.6 is 0 Å². The van der Waals surface area contributed by atoms with E-state index in [1.807, 2.05) is 6.07 Å². The summed E-state index contributed by atoms with van der Waals surface area (Å²) in [6, 6.07) is 23.3. The molecule has 0 saturated carbocycles. The second kappa shape index (κ2) is 8.53. The van der Waals surface area contributed by atoms with Gasteiger partial charge in [-0.2, -0.15) is 5.26 Å². The molecule has 2 heterocycles. The molecular weight excluding hydrogens is 416 g/mol. The summed E-state index contributed by atoms with van der Waals surface area (Å²) in [7, 11) is 0. The van der Waals surface area contributed by atoms with Crippen LogP contribution in [0.5, 0.6) is 0 Å². The van der Waals surface area contributed by atoms with Gasteiger partial charge in [-0.1, -0.05) is 54.6 Å². The van der Waals surface area contributed by atoms with Crippen molar-refractivity contribution in [3.63, 3.8) is 0 Å². The van der Waals surface area contributed by atoms with Gasteiger partial charge < -0.3 is 9.80 Å². The SMILES string of the molecule is N#Cc1ccnc(-c2cccc(N3C4=C(C=CCC4)N(C4C=CC=CC4)c4ccccc43)c2)c1. The van der Waals surface area contributed by atoms with Crippen molar-refractivity contribution in [3.05, 3.63) is 120 Å². The van der Waals surface area contributed by atoms with E-state index in [0.29, 0.717) is 11.6 Å². The van der Waals surface area contributed by atoms with Gasteiger partial charge in [-0.25, -0.2) is 0 Å². The van der Waals surface area contributed by atoms with Crippen LogP contribution in [-0.2, 0) is 0 Å². The van der Waals surface area contributed by atoms with Gasteiger partial charge >= 0.3 is 0 Å². The van der Waals surface area contributed by atoms with Crippen molar-refractivity contribution < 1.29 is 0 Å². The van der Waals surface area contributed by atoms with Crippen molar-refractivity contribution in [2.45, 2.75) is 25.3 Å². The molecule has 2 aromatic carbocycles. The van der Waals surface area contributed by atoms with E-state index in [1.54, 1.807) is 12.3 Å². The Kier molecular flexibility index (Phi) is 5.08. The Morgan fingerprint density at radius 2 is 1.85 bits per heavy atom. The van der Waals surface area contributed by atoms with Crippen LogP contribution in [0.15, 0.2) is 115 Å². The highest BCUT2D eigenvalue weighted by Gasteiger charge is 2.34. The topological polar surface area (TPSA) is 43.2 Å². The number of nitrogens with zero attached hydrogens (tertiary/aromatic N) is 4. The molecule has 4 heteroatoms. The first-order valence-electron chi connectivity index (χ1n) is 11.7. The lowest BCUT2D eigenvalue weighted by molar-refractivity contribution is 0.728. The van der Waals surface area contributed by atoms with Crippen molar-refractivity contribution in [2.75, 3.05) is 9.80 Å². The van der Waals surface area contributed by atoms with Crippen LogP contribution in [0.3, 0.4) is 0 Å². The van der Waals surface area contributed by atoms with Crippen molar-refractivity contribution in [3.8, 4) is 17.3 Å². The van der Waals surface area contributed by atoms with Crippen LogP contribution in [0, 0.1) is 11.3 Å². The molecule has 164 valence electrons. The molecule has 3 aromatic rings. The van der Waals surface area contributed by atoms with Crippen LogP contribution < -0.4 is 9.80 Å². The number of anilines is 3. The summed E-state index contributed by atoms with van der Waals surface area (Å²) < 4.78 is 0. The average Bonchev–Trinajstić information content (AvgIpc) is 2.92. The summed E-state index contributed by atoms with van der Waals surface area (Å²) in [6.07, 6.45) is 18.1. The van der Waals surface area contributed by atoms with Gasteiger partial charge in [0.05, 0.1) is 40.4 Å². The number of pyridine rings is 1. The predicted molar refractivity (Wildman–Crippen MR) is 138 cm³/mol. The minimum atomic E-state index is 0.297. The molecule has 0 saturated heterocycles. The monoisotopic (exact) mass is 440 g/mol. The number of hydrogen-bond acceptors (Lipinski definition) is 4. The Morgan fingerprint density at radius 1 is 0.941 bits per heavy atom. The molecule has 0 bridgehead atoms. The van der Waals surface area contributed by atoms with Gasteiger partial charge in [-0.3, -0.25) is 4.98 Å². The van der Waals surface area contributed by atoms with Gasteiger partial charge in [0.2, 0.25) is 0 Å². The second-order valence-corrected chi connectivity index (χ2v) is 8.68. The summed E-state index contributed by atoms with van der Waals surface area (Å²) in [5, 5.41) is 9.33. The molecular formula is C30H24N4. The lowest BCUT2D eigenvalue weighted by atomic mass is 9.95. The number of fused-ring (bicyclic) bond motifs is 1. The first kappa shape index (κ1) is 20.3. The Hall–Kier alpha value is -4.36. The van der Waals surface area contributed by atoms with Crippen LogP contribution in [0.4, 0.5) is 17.1 Å². The molecule has 1 atom stereocenters. The number of aromatic nitrogens is 1. The van der Waals surface area contributed by atoms with E-state index in [0.717, 1.165) is 36.2 Å². The van der Waals surface area contributed by atoms with E-state index in [9.17, 15) is 5.26 Å². The molecule has 0 spiro atoms. The third-order valence-corrected chi connectivity index (χ3v) is 6.61. The quantitative estimate of drug-likeness (QED) is 0.439. The van der Waals surface area contributed by atoms with Gasteiger partial charge in [-0.15, -0.1) is 0 Å². The second-order valence-electron chi connectivity index (χ2n) is 8.68. The molecule has 6 rings (SSSR count). The minimum Gasteiger partial charge on any atom is -0.331 e. The van der Waals surface area contributed by atoms with Crippen molar-refractivity contribution in [1.29, 1.82) is 5.26 Å². The largest absolute Gasteiger partial charge is 0.331 e. The zero-order valence-electron chi connectivity index (χ0n) is 18.8. The number of nitriles is 1. The summed E-state index contributed by atoms with van der Waals surface area (Å²) in [4.78, 5) is 9.43.